The van der Waals surface area contributed by atoms with Crippen molar-refractivity contribution in [2.24, 2.45) is 0 Å². The maximum atomic E-state index is 12.0. The average molecular weight is 673 g/mol. The molecule has 0 rings (SSSR count). The molecule has 0 fully saturated rings. The molecule has 0 aromatic rings. The van der Waals surface area contributed by atoms with E-state index in [0.717, 1.165) is 25.9 Å². The fraction of sp³-hybridized carbons (Fsp3) is 0.889. The van der Waals surface area contributed by atoms with Crippen molar-refractivity contribution in [2.75, 3.05) is 13.1 Å². The minimum absolute atomic E-state index is 0.0246. The van der Waals surface area contributed by atoms with Crippen molar-refractivity contribution >= 4 is 6.03 Å². The zero-order valence-corrected chi connectivity index (χ0v) is 33.1. The summed E-state index contributed by atoms with van der Waals surface area (Å²) < 4.78 is 0. The van der Waals surface area contributed by atoms with Gasteiger partial charge >= 0.3 is 6.03 Å². The van der Waals surface area contributed by atoms with Crippen molar-refractivity contribution in [1.29, 1.82) is 0 Å². The Labute approximate surface area is 303 Å². The first-order valence-electron chi connectivity index (χ1n) is 22.1. The van der Waals surface area contributed by atoms with E-state index in [1.54, 1.807) is 0 Å². The topological polar surface area (TPSA) is 41.1 Å². The summed E-state index contributed by atoms with van der Waals surface area (Å²) in [6.45, 7) is 6.21. The number of nitrogens with one attached hydrogen (secondary N) is 2. The van der Waals surface area contributed by atoms with Crippen LogP contribution in [0.5, 0.6) is 0 Å². The third-order valence-electron chi connectivity index (χ3n) is 9.95. The SMILES string of the molecule is CCCCCCCCC=CCCCCCCCCCCCCNC(=O)NCCCCCCCCCCCCC=CCCCCCCCC. The zero-order chi connectivity index (χ0) is 34.7. The molecule has 0 heterocycles. The Morgan fingerprint density at radius 3 is 0.771 bits per heavy atom. The van der Waals surface area contributed by atoms with E-state index >= 15 is 0 Å². The minimum Gasteiger partial charge on any atom is -0.338 e. The molecule has 0 bridgehead atoms. The molecule has 0 aliphatic carbocycles. The summed E-state index contributed by atoms with van der Waals surface area (Å²) in [7, 11) is 0. The van der Waals surface area contributed by atoms with Crippen LogP contribution in [-0.4, -0.2) is 19.1 Å². The van der Waals surface area contributed by atoms with Gasteiger partial charge in [0.05, 0.1) is 0 Å². The minimum atomic E-state index is 0.0246. The van der Waals surface area contributed by atoms with E-state index in [1.165, 1.54) is 218 Å². The van der Waals surface area contributed by atoms with Gasteiger partial charge in [-0.3, -0.25) is 0 Å². The monoisotopic (exact) mass is 673 g/mol. The molecule has 0 atom stereocenters. The van der Waals surface area contributed by atoms with E-state index in [1.807, 2.05) is 0 Å². The van der Waals surface area contributed by atoms with E-state index in [4.69, 9.17) is 0 Å². The van der Waals surface area contributed by atoms with Crippen molar-refractivity contribution < 1.29 is 4.79 Å². The van der Waals surface area contributed by atoms with Crippen LogP contribution in [0.2, 0.25) is 0 Å². The van der Waals surface area contributed by atoms with Gasteiger partial charge in [0.2, 0.25) is 0 Å². The number of allylic oxidation sites excluding steroid dienone is 4. The van der Waals surface area contributed by atoms with Crippen LogP contribution < -0.4 is 10.6 Å². The predicted octanol–water partition coefficient (Wildman–Crippen LogP) is 15.5. The van der Waals surface area contributed by atoms with Crippen LogP contribution in [0.4, 0.5) is 4.79 Å². The fourth-order valence-electron chi connectivity index (χ4n) is 6.63. The zero-order valence-electron chi connectivity index (χ0n) is 33.1. The second-order valence-corrected chi connectivity index (χ2v) is 14.9. The van der Waals surface area contributed by atoms with Gasteiger partial charge in [0.1, 0.15) is 0 Å². The van der Waals surface area contributed by atoms with Gasteiger partial charge in [-0.1, -0.05) is 205 Å². The Morgan fingerprint density at radius 1 is 0.312 bits per heavy atom. The van der Waals surface area contributed by atoms with Gasteiger partial charge in [0, 0.05) is 13.1 Å². The van der Waals surface area contributed by atoms with E-state index in [2.05, 4.69) is 48.8 Å². The van der Waals surface area contributed by atoms with Crippen molar-refractivity contribution in [3.05, 3.63) is 24.3 Å². The third kappa shape index (κ3) is 42.8. The Kier molecular flexibility index (Phi) is 42.6. The quantitative estimate of drug-likeness (QED) is 0.0493. The number of hydrogen-bond donors (Lipinski definition) is 2. The van der Waals surface area contributed by atoms with Gasteiger partial charge in [0.25, 0.3) is 0 Å². The molecule has 2 N–H and O–H groups in total. The summed E-state index contributed by atoms with van der Waals surface area (Å²) in [5.74, 6) is 0. The first kappa shape index (κ1) is 46.8. The second-order valence-electron chi connectivity index (χ2n) is 14.9. The lowest BCUT2D eigenvalue weighted by Crippen LogP contribution is -2.36. The lowest BCUT2D eigenvalue weighted by molar-refractivity contribution is 0.240. The molecule has 48 heavy (non-hydrogen) atoms. The van der Waals surface area contributed by atoms with Crippen LogP contribution in [0.25, 0.3) is 0 Å². The van der Waals surface area contributed by atoms with Gasteiger partial charge in [-0.25, -0.2) is 4.79 Å². The molecule has 2 amide bonds. The van der Waals surface area contributed by atoms with E-state index in [-0.39, 0.29) is 6.03 Å². The van der Waals surface area contributed by atoms with Gasteiger partial charge in [-0.05, 0) is 64.2 Å². The Morgan fingerprint density at radius 2 is 0.521 bits per heavy atom. The first-order chi connectivity index (χ1) is 23.8. The highest BCUT2D eigenvalue weighted by molar-refractivity contribution is 5.73. The molecule has 0 aromatic carbocycles. The van der Waals surface area contributed by atoms with Crippen LogP contribution in [0.15, 0.2) is 24.3 Å². The standard InChI is InChI=1S/C45H88N2O/c1-3-5-7-9-11-13-15-17-19-21-23-25-27-29-31-33-35-37-39-41-43-46-45(48)47-44-42-40-38-36-34-32-30-28-26-24-22-20-18-16-14-12-10-8-6-4-2/h17-20H,3-16,21-44H2,1-2H3,(H2,46,47,48). The second kappa shape index (κ2) is 43.8. The Balaban J connectivity index is 3.20. The highest BCUT2D eigenvalue weighted by Crippen LogP contribution is 2.14. The molecule has 0 aliphatic rings. The third-order valence-corrected chi connectivity index (χ3v) is 9.95. The van der Waals surface area contributed by atoms with E-state index in [9.17, 15) is 4.79 Å². The van der Waals surface area contributed by atoms with Crippen molar-refractivity contribution in [3.63, 3.8) is 0 Å². The highest BCUT2D eigenvalue weighted by atomic mass is 16.2. The van der Waals surface area contributed by atoms with Crippen LogP contribution in [0, 0.1) is 0 Å². The largest absolute Gasteiger partial charge is 0.338 e. The Hall–Kier alpha value is -1.25. The molecule has 0 spiro atoms. The molecule has 284 valence electrons. The highest BCUT2D eigenvalue weighted by Gasteiger charge is 2.00. The maximum absolute atomic E-state index is 12.0. The summed E-state index contributed by atoms with van der Waals surface area (Å²) in [5, 5.41) is 6.09. The molecule has 0 saturated heterocycles. The van der Waals surface area contributed by atoms with Crippen LogP contribution in [-0.2, 0) is 0 Å². The van der Waals surface area contributed by atoms with Crippen molar-refractivity contribution in [2.45, 2.75) is 245 Å². The lowest BCUT2D eigenvalue weighted by atomic mass is 10.1. The summed E-state index contributed by atoms with van der Waals surface area (Å²) in [5.41, 5.74) is 0. The number of rotatable bonds is 40. The Bertz CT molecular complexity index is 603. The van der Waals surface area contributed by atoms with Gasteiger partial charge in [-0.2, -0.15) is 0 Å². The summed E-state index contributed by atoms with van der Waals surface area (Å²) in [6, 6.07) is 0.0246. The molecule has 0 radical (unpaired) electrons. The van der Waals surface area contributed by atoms with Crippen LogP contribution >= 0.6 is 0 Å². The molecule has 0 saturated carbocycles. The average Bonchev–Trinajstić information content (AvgIpc) is 3.09. The van der Waals surface area contributed by atoms with Crippen LogP contribution in [0.3, 0.4) is 0 Å². The number of carbonyl (C=O) groups is 1. The molecule has 0 aliphatic heterocycles. The fourth-order valence-corrected chi connectivity index (χ4v) is 6.63. The predicted molar refractivity (Wildman–Crippen MR) is 217 cm³/mol. The molecule has 0 unspecified atom stereocenters. The number of amides is 2. The summed E-state index contributed by atoms with van der Waals surface area (Å²) >= 11 is 0. The number of unbranched alkanes of at least 4 members (excludes halogenated alkanes) is 32. The molecular formula is C45H88N2O. The maximum Gasteiger partial charge on any atom is 0.314 e. The van der Waals surface area contributed by atoms with Crippen molar-refractivity contribution in [3.8, 4) is 0 Å². The summed E-state index contributed by atoms with van der Waals surface area (Å²) in [4.78, 5) is 12.0. The van der Waals surface area contributed by atoms with Gasteiger partial charge in [-0.15, -0.1) is 0 Å². The van der Waals surface area contributed by atoms with Crippen LogP contribution in [0.1, 0.15) is 245 Å². The van der Waals surface area contributed by atoms with Gasteiger partial charge < -0.3 is 10.6 Å². The smallest absolute Gasteiger partial charge is 0.314 e. The van der Waals surface area contributed by atoms with Crippen molar-refractivity contribution in [1.82, 2.24) is 10.6 Å². The summed E-state index contributed by atoms with van der Waals surface area (Å²) in [6.07, 6.45) is 58.3. The van der Waals surface area contributed by atoms with Gasteiger partial charge in [0.15, 0.2) is 0 Å². The molecular weight excluding hydrogens is 585 g/mol. The number of urea groups is 1. The normalized spacial score (nSPS) is 11.7. The molecule has 3 nitrogen and oxygen atoms in total. The molecule has 3 heteroatoms. The number of carbonyl (C=O) groups excluding carboxylic acids is 1. The lowest BCUT2D eigenvalue weighted by Gasteiger charge is -2.08. The first-order valence-corrected chi connectivity index (χ1v) is 22.1. The van der Waals surface area contributed by atoms with E-state index < -0.39 is 0 Å². The van der Waals surface area contributed by atoms with E-state index in [0.29, 0.717) is 0 Å². The number of hydrogen-bond acceptors (Lipinski definition) is 1. The molecule has 0 aromatic heterocycles.